The first-order valence-electron chi connectivity index (χ1n) is 12.1. The quantitative estimate of drug-likeness (QED) is 0.262. The Hall–Kier alpha value is -3.79. The van der Waals surface area contributed by atoms with Gasteiger partial charge in [0.2, 0.25) is 0 Å². The van der Waals surface area contributed by atoms with E-state index in [0.29, 0.717) is 21.8 Å². The number of rotatable bonds is 7. The molecule has 1 aliphatic rings. The summed E-state index contributed by atoms with van der Waals surface area (Å²) in [7, 11) is 0. The maximum Gasteiger partial charge on any atom is 0.303 e. The molecule has 0 aliphatic carbocycles. The summed E-state index contributed by atoms with van der Waals surface area (Å²) >= 11 is 11.8. The van der Waals surface area contributed by atoms with Gasteiger partial charge in [-0.3, -0.25) is 19.2 Å². The molecule has 1 saturated heterocycles. The first-order chi connectivity index (χ1) is 18.8. The number of halogens is 1. The van der Waals surface area contributed by atoms with Crippen LogP contribution >= 0.6 is 23.8 Å². The van der Waals surface area contributed by atoms with Gasteiger partial charge in [0.15, 0.2) is 24.5 Å². The van der Waals surface area contributed by atoms with Crippen LogP contribution in [-0.4, -0.2) is 59.5 Å². The molecule has 0 N–H and O–H groups in total. The van der Waals surface area contributed by atoms with E-state index in [2.05, 4.69) is 6.07 Å². The van der Waals surface area contributed by atoms with E-state index >= 15 is 0 Å². The Morgan fingerprint density at radius 1 is 0.950 bits per heavy atom. The average Bonchev–Trinajstić information content (AvgIpc) is 2.85. The summed E-state index contributed by atoms with van der Waals surface area (Å²) in [5.74, 6) is -2.90. The Morgan fingerprint density at radius 2 is 1.50 bits per heavy atom. The Kier molecular flexibility index (Phi) is 10.0. The van der Waals surface area contributed by atoms with Crippen LogP contribution in [0.1, 0.15) is 45.2 Å². The molecule has 1 aliphatic heterocycles. The van der Waals surface area contributed by atoms with Gasteiger partial charge in [0.05, 0.1) is 5.56 Å². The lowest BCUT2D eigenvalue weighted by Crippen LogP contribution is -2.60. The van der Waals surface area contributed by atoms with E-state index in [9.17, 15) is 24.4 Å². The number of aryl methyl sites for hydroxylation is 1. The molecule has 40 heavy (non-hydrogen) atoms. The summed E-state index contributed by atoms with van der Waals surface area (Å²) in [6.45, 7) is 5.90. The van der Waals surface area contributed by atoms with Crippen LogP contribution in [0.5, 0.6) is 0 Å². The summed E-state index contributed by atoms with van der Waals surface area (Å²) in [4.78, 5) is 48.0. The molecule has 11 nitrogen and oxygen atoms in total. The summed E-state index contributed by atoms with van der Waals surface area (Å²) in [5, 5.41) is 10.6. The molecule has 0 saturated carbocycles. The highest BCUT2D eigenvalue weighted by atomic mass is 35.5. The number of aromatic nitrogens is 1. The van der Waals surface area contributed by atoms with E-state index in [-0.39, 0.29) is 10.2 Å². The highest BCUT2D eigenvalue weighted by Crippen LogP contribution is 2.37. The fourth-order valence-corrected chi connectivity index (χ4v) is 4.97. The van der Waals surface area contributed by atoms with Gasteiger partial charge >= 0.3 is 23.9 Å². The van der Waals surface area contributed by atoms with Crippen molar-refractivity contribution in [2.45, 2.75) is 65.3 Å². The molecule has 0 spiro atoms. The van der Waals surface area contributed by atoms with Gasteiger partial charge in [-0.1, -0.05) is 36.0 Å². The minimum absolute atomic E-state index is 0.0355. The monoisotopic (exact) mass is 590 g/mol. The van der Waals surface area contributed by atoms with E-state index in [1.807, 2.05) is 0 Å². The maximum absolute atomic E-state index is 12.2. The van der Waals surface area contributed by atoms with Gasteiger partial charge in [0.25, 0.3) is 0 Å². The second-order valence-corrected chi connectivity index (χ2v) is 9.78. The van der Waals surface area contributed by atoms with E-state index < -0.39 is 61.1 Å². The molecule has 212 valence electrons. The van der Waals surface area contributed by atoms with Crippen molar-refractivity contribution < 1.29 is 42.9 Å². The molecule has 0 radical (unpaired) electrons. The summed E-state index contributed by atoms with van der Waals surface area (Å²) in [5.41, 5.74) is 1.83. The molecule has 1 fully saturated rings. The SMILES string of the molecule is CC(=O)OC[C@@H]1O[C@@H](n2c(C)cc(-c3ccc(Cl)cc3)c(C#N)c2=S)[C@H](OC(C)=O)[C@H](OC(C)=O)[C@@H]1OC(C)=O. The van der Waals surface area contributed by atoms with E-state index in [0.717, 1.165) is 20.8 Å². The van der Waals surface area contributed by atoms with Gasteiger partial charge in [-0.15, -0.1) is 0 Å². The van der Waals surface area contributed by atoms with Crippen LogP contribution in [-0.2, 0) is 42.9 Å². The van der Waals surface area contributed by atoms with Crippen molar-refractivity contribution in [3.05, 3.63) is 51.3 Å². The topological polar surface area (TPSA) is 143 Å². The van der Waals surface area contributed by atoms with Crippen molar-refractivity contribution in [1.82, 2.24) is 4.57 Å². The number of hydrogen-bond acceptors (Lipinski definition) is 11. The van der Waals surface area contributed by atoms with Crippen LogP contribution < -0.4 is 0 Å². The summed E-state index contributed by atoms with van der Waals surface area (Å²) < 4.78 is 29.3. The van der Waals surface area contributed by atoms with Crippen molar-refractivity contribution in [1.29, 1.82) is 5.26 Å². The predicted molar refractivity (Wildman–Crippen MR) is 142 cm³/mol. The van der Waals surface area contributed by atoms with Crippen LogP contribution in [0.25, 0.3) is 11.1 Å². The Labute approximate surface area is 240 Å². The standard InChI is InChI=1S/C27H27ClN2O9S/c1-13-10-20(18-6-8-19(28)9-7-18)21(11-29)27(40)30(13)26-25(38-17(5)34)24(37-16(4)33)23(36-15(3)32)22(39-26)12-35-14(2)31/h6-10,22-26H,12H2,1-5H3/t22-,23+,24+,25+,26+/m0/s1. The predicted octanol–water partition coefficient (Wildman–Crippen LogP) is 3.97. The second-order valence-electron chi connectivity index (χ2n) is 8.96. The molecule has 1 aromatic carbocycles. The van der Waals surface area contributed by atoms with E-state index in [1.54, 1.807) is 37.3 Å². The molecule has 2 heterocycles. The number of carbonyl (C=O) groups is 4. The third kappa shape index (κ3) is 7.04. The van der Waals surface area contributed by atoms with Crippen molar-refractivity contribution in [2.75, 3.05) is 6.61 Å². The lowest BCUT2D eigenvalue weighted by atomic mass is 9.96. The first-order valence-corrected chi connectivity index (χ1v) is 12.8. The largest absolute Gasteiger partial charge is 0.463 e. The van der Waals surface area contributed by atoms with E-state index in [4.69, 9.17) is 47.5 Å². The zero-order valence-corrected chi connectivity index (χ0v) is 23.9. The molecule has 5 atom stereocenters. The number of benzene rings is 1. The molecule has 13 heteroatoms. The van der Waals surface area contributed by atoms with Gasteiger partial charge in [-0.05, 0) is 30.7 Å². The molecule has 0 bridgehead atoms. The Bertz CT molecular complexity index is 1420. The van der Waals surface area contributed by atoms with Crippen molar-refractivity contribution in [3.63, 3.8) is 0 Å². The summed E-state index contributed by atoms with van der Waals surface area (Å²) in [6, 6.07) is 10.7. The van der Waals surface area contributed by atoms with Gasteiger partial charge in [0, 0.05) is 44.0 Å². The van der Waals surface area contributed by atoms with Crippen LogP contribution in [0.3, 0.4) is 0 Å². The highest BCUT2D eigenvalue weighted by Gasteiger charge is 2.53. The number of ether oxygens (including phenoxy) is 5. The van der Waals surface area contributed by atoms with Crippen LogP contribution in [0.4, 0.5) is 0 Å². The second kappa shape index (κ2) is 13.0. The minimum atomic E-state index is -1.38. The fraction of sp³-hybridized carbons (Fsp3) is 0.407. The highest BCUT2D eigenvalue weighted by molar-refractivity contribution is 7.71. The molecule has 1 aromatic heterocycles. The smallest absolute Gasteiger partial charge is 0.303 e. The number of esters is 4. The van der Waals surface area contributed by atoms with Crippen LogP contribution in [0, 0.1) is 22.9 Å². The van der Waals surface area contributed by atoms with Gasteiger partial charge in [-0.25, -0.2) is 0 Å². The van der Waals surface area contributed by atoms with Crippen LogP contribution in [0.2, 0.25) is 5.02 Å². The van der Waals surface area contributed by atoms with Crippen LogP contribution in [0.15, 0.2) is 30.3 Å². The molecular formula is C27H27ClN2O9S. The lowest BCUT2D eigenvalue weighted by Gasteiger charge is -2.45. The molecule has 2 aromatic rings. The fourth-order valence-electron chi connectivity index (χ4n) is 4.44. The van der Waals surface area contributed by atoms with Crippen molar-refractivity contribution in [2.24, 2.45) is 0 Å². The maximum atomic E-state index is 12.2. The molecule has 3 rings (SSSR count). The Morgan fingerprint density at radius 3 is 2.02 bits per heavy atom. The zero-order chi connectivity index (χ0) is 29.7. The number of hydrogen-bond donors (Lipinski definition) is 0. The number of pyridine rings is 1. The van der Waals surface area contributed by atoms with Crippen molar-refractivity contribution in [3.8, 4) is 17.2 Å². The van der Waals surface area contributed by atoms with Gasteiger partial charge in [-0.2, -0.15) is 5.26 Å². The van der Waals surface area contributed by atoms with Gasteiger partial charge in [0.1, 0.15) is 23.4 Å². The van der Waals surface area contributed by atoms with E-state index in [1.165, 1.54) is 11.5 Å². The third-order valence-corrected chi connectivity index (χ3v) is 6.58. The first kappa shape index (κ1) is 30.7. The molecule has 0 amide bonds. The Balaban J connectivity index is 2.25. The minimum Gasteiger partial charge on any atom is -0.463 e. The average molecular weight is 591 g/mol. The van der Waals surface area contributed by atoms with Gasteiger partial charge < -0.3 is 28.3 Å². The zero-order valence-electron chi connectivity index (χ0n) is 22.3. The number of nitriles is 1. The van der Waals surface area contributed by atoms with Crippen molar-refractivity contribution >= 4 is 47.7 Å². The lowest BCUT2D eigenvalue weighted by molar-refractivity contribution is -0.269. The molecular weight excluding hydrogens is 564 g/mol. The number of carbonyl (C=O) groups excluding carboxylic acids is 4. The third-order valence-electron chi connectivity index (χ3n) is 5.92. The normalized spacial score (nSPS) is 22.0. The summed E-state index contributed by atoms with van der Waals surface area (Å²) in [6.07, 6.45) is -6.53. The number of nitrogens with zero attached hydrogens (tertiary/aromatic N) is 2. The molecule has 0 unspecified atom stereocenters.